The normalized spacial score (nSPS) is 12.2. The van der Waals surface area contributed by atoms with E-state index >= 15 is 0 Å². The zero-order valence-corrected chi connectivity index (χ0v) is 8.83. The van der Waals surface area contributed by atoms with Crippen LogP contribution < -0.4 is 0 Å². The van der Waals surface area contributed by atoms with Crippen LogP contribution >= 0.6 is 0 Å². The van der Waals surface area contributed by atoms with Crippen molar-refractivity contribution in [3.8, 4) is 5.82 Å². The summed E-state index contributed by atoms with van der Waals surface area (Å²) in [5.74, 6) is 0.345. The van der Waals surface area contributed by atoms with Gasteiger partial charge in [-0.1, -0.05) is 0 Å². The Morgan fingerprint density at radius 1 is 1.11 bits per heavy atom. The van der Waals surface area contributed by atoms with Crippen LogP contribution in [0.4, 0.5) is 13.2 Å². The van der Waals surface area contributed by atoms with Crippen LogP contribution in [0.15, 0.2) is 37.2 Å². The van der Waals surface area contributed by atoms with Crippen LogP contribution in [0.25, 0.3) is 11.3 Å². The Bertz CT molecular complexity index is 683. The van der Waals surface area contributed by atoms with Crippen molar-refractivity contribution in [2.45, 2.75) is 6.18 Å². The lowest BCUT2D eigenvalue weighted by molar-refractivity contribution is -0.141. The first-order valence-corrected chi connectivity index (χ1v) is 4.95. The van der Waals surface area contributed by atoms with Crippen molar-refractivity contribution < 1.29 is 13.2 Å². The number of fused-ring (bicyclic) bond motifs is 1. The second kappa shape index (κ2) is 3.56. The molecule has 0 aliphatic heterocycles. The number of rotatable bonds is 1. The van der Waals surface area contributed by atoms with Crippen molar-refractivity contribution in [1.29, 1.82) is 0 Å². The summed E-state index contributed by atoms with van der Waals surface area (Å²) in [7, 11) is 0. The van der Waals surface area contributed by atoms with Crippen LogP contribution in [0.2, 0.25) is 0 Å². The Balaban J connectivity index is 2.25. The number of hydrogen-bond acceptors (Lipinski definition) is 3. The molecule has 0 radical (unpaired) electrons. The highest BCUT2D eigenvalue weighted by Crippen LogP contribution is 2.29. The first-order chi connectivity index (χ1) is 8.55. The van der Waals surface area contributed by atoms with E-state index in [1.807, 2.05) is 0 Å². The summed E-state index contributed by atoms with van der Waals surface area (Å²) >= 11 is 0. The van der Waals surface area contributed by atoms with E-state index in [2.05, 4.69) is 15.1 Å². The standard InChI is InChI=1S/C10H6F3N5/c11-10(12,13)8-5-7-9(17-3-1-14-6-17)15-2-4-18(7)16-8/h1-6H. The van der Waals surface area contributed by atoms with Crippen molar-refractivity contribution in [3.05, 3.63) is 42.9 Å². The summed E-state index contributed by atoms with van der Waals surface area (Å²) in [5, 5.41) is 3.47. The predicted molar refractivity (Wildman–Crippen MR) is 55.1 cm³/mol. The van der Waals surface area contributed by atoms with E-state index in [4.69, 9.17) is 0 Å². The van der Waals surface area contributed by atoms with Gasteiger partial charge in [-0.15, -0.1) is 0 Å². The maximum absolute atomic E-state index is 12.6. The molecule has 0 bridgehead atoms. The third-order valence-corrected chi connectivity index (χ3v) is 2.41. The van der Waals surface area contributed by atoms with E-state index in [0.29, 0.717) is 5.82 Å². The highest BCUT2D eigenvalue weighted by atomic mass is 19.4. The monoisotopic (exact) mass is 253 g/mol. The second-order valence-electron chi connectivity index (χ2n) is 3.58. The molecule has 3 heterocycles. The molecule has 0 aromatic carbocycles. The van der Waals surface area contributed by atoms with Gasteiger partial charge in [-0.05, 0) is 0 Å². The summed E-state index contributed by atoms with van der Waals surface area (Å²) in [6, 6.07) is 0.961. The molecule has 3 rings (SSSR count). The fourth-order valence-electron chi connectivity index (χ4n) is 1.63. The van der Waals surface area contributed by atoms with Crippen LogP contribution in [-0.2, 0) is 6.18 Å². The third-order valence-electron chi connectivity index (χ3n) is 2.41. The summed E-state index contributed by atoms with van der Waals surface area (Å²) in [6.45, 7) is 0. The molecular formula is C10H6F3N5. The number of aromatic nitrogens is 5. The quantitative estimate of drug-likeness (QED) is 0.665. The molecule has 0 spiro atoms. The molecule has 0 aliphatic carbocycles. The lowest BCUT2D eigenvalue weighted by atomic mass is 10.3. The van der Waals surface area contributed by atoms with Crippen LogP contribution in [-0.4, -0.2) is 24.1 Å². The molecule has 3 aromatic rings. The van der Waals surface area contributed by atoms with Gasteiger partial charge in [-0.25, -0.2) is 14.5 Å². The average molecular weight is 253 g/mol. The molecule has 0 N–H and O–H groups in total. The Morgan fingerprint density at radius 2 is 1.94 bits per heavy atom. The minimum atomic E-state index is -4.47. The minimum absolute atomic E-state index is 0.267. The Morgan fingerprint density at radius 3 is 2.61 bits per heavy atom. The molecule has 0 amide bonds. The first-order valence-electron chi connectivity index (χ1n) is 4.95. The molecule has 3 aromatic heterocycles. The fraction of sp³-hybridized carbons (Fsp3) is 0.100. The molecule has 0 saturated carbocycles. The highest BCUT2D eigenvalue weighted by Gasteiger charge is 2.34. The molecule has 0 saturated heterocycles. The molecule has 0 fully saturated rings. The molecule has 92 valence electrons. The van der Waals surface area contributed by atoms with Crippen LogP contribution in [0.5, 0.6) is 0 Å². The number of halogens is 3. The van der Waals surface area contributed by atoms with Gasteiger partial charge in [0.25, 0.3) is 0 Å². The maximum atomic E-state index is 12.6. The number of hydrogen-bond donors (Lipinski definition) is 0. The van der Waals surface area contributed by atoms with Gasteiger partial charge in [0.15, 0.2) is 11.5 Å². The lowest BCUT2D eigenvalue weighted by Crippen LogP contribution is -2.05. The van der Waals surface area contributed by atoms with E-state index < -0.39 is 11.9 Å². The summed E-state index contributed by atoms with van der Waals surface area (Å²) in [6.07, 6.45) is 2.86. The largest absolute Gasteiger partial charge is 0.435 e. The summed E-state index contributed by atoms with van der Waals surface area (Å²) in [4.78, 5) is 7.87. The van der Waals surface area contributed by atoms with Gasteiger partial charge >= 0.3 is 6.18 Å². The fourth-order valence-corrected chi connectivity index (χ4v) is 1.63. The van der Waals surface area contributed by atoms with Gasteiger partial charge in [0, 0.05) is 30.9 Å². The Hall–Kier alpha value is -2.38. The van der Waals surface area contributed by atoms with E-state index in [9.17, 15) is 13.2 Å². The van der Waals surface area contributed by atoms with Crippen molar-refractivity contribution in [1.82, 2.24) is 24.1 Å². The predicted octanol–water partition coefficient (Wildman–Crippen LogP) is 1.93. The topological polar surface area (TPSA) is 48.0 Å². The van der Waals surface area contributed by atoms with Gasteiger partial charge in [-0.2, -0.15) is 18.3 Å². The average Bonchev–Trinajstić information content (AvgIpc) is 2.96. The highest BCUT2D eigenvalue weighted by molar-refractivity contribution is 5.61. The van der Waals surface area contributed by atoms with Crippen molar-refractivity contribution in [2.24, 2.45) is 0 Å². The van der Waals surface area contributed by atoms with Crippen LogP contribution in [0, 0.1) is 0 Å². The van der Waals surface area contributed by atoms with Crippen molar-refractivity contribution in [3.63, 3.8) is 0 Å². The molecule has 0 atom stereocenters. The summed E-state index contributed by atoms with van der Waals surface area (Å²) in [5.41, 5.74) is -0.681. The zero-order valence-electron chi connectivity index (χ0n) is 8.83. The molecule has 5 nitrogen and oxygen atoms in total. The van der Waals surface area contributed by atoms with E-state index in [1.54, 1.807) is 6.20 Å². The Kier molecular flexibility index (Phi) is 2.12. The van der Waals surface area contributed by atoms with Gasteiger partial charge in [0.05, 0.1) is 0 Å². The van der Waals surface area contributed by atoms with E-state index in [1.165, 1.54) is 29.5 Å². The van der Waals surface area contributed by atoms with Crippen molar-refractivity contribution >= 4 is 5.52 Å². The van der Waals surface area contributed by atoms with Crippen molar-refractivity contribution in [2.75, 3.05) is 0 Å². The number of imidazole rings is 1. The van der Waals surface area contributed by atoms with Gasteiger partial charge < -0.3 is 0 Å². The van der Waals surface area contributed by atoms with Crippen LogP contribution in [0.1, 0.15) is 5.69 Å². The molecular weight excluding hydrogens is 247 g/mol. The molecule has 0 unspecified atom stereocenters. The summed E-state index contributed by atoms with van der Waals surface area (Å²) < 4.78 is 40.4. The maximum Gasteiger partial charge on any atom is 0.435 e. The third kappa shape index (κ3) is 1.62. The molecule has 18 heavy (non-hydrogen) atoms. The molecule has 8 heteroatoms. The second-order valence-corrected chi connectivity index (χ2v) is 3.58. The SMILES string of the molecule is FC(F)(F)c1cc2c(-n3ccnc3)nccn2n1. The van der Waals surface area contributed by atoms with Crippen LogP contribution in [0.3, 0.4) is 0 Å². The van der Waals surface area contributed by atoms with Gasteiger partial charge in [-0.3, -0.25) is 4.57 Å². The van der Waals surface area contributed by atoms with E-state index in [-0.39, 0.29) is 5.52 Å². The van der Waals surface area contributed by atoms with Gasteiger partial charge in [0.1, 0.15) is 11.8 Å². The zero-order chi connectivity index (χ0) is 12.8. The van der Waals surface area contributed by atoms with E-state index in [0.717, 1.165) is 10.6 Å². The minimum Gasteiger partial charge on any atom is -0.289 e. The molecule has 0 aliphatic rings. The first kappa shape index (κ1) is 10.8. The number of alkyl halides is 3. The van der Waals surface area contributed by atoms with Gasteiger partial charge in [0.2, 0.25) is 0 Å². The lowest BCUT2D eigenvalue weighted by Gasteiger charge is -2.01. The Labute approximate surface area is 98.5 Å². The number of nitrogens with zero attached hydrogens (tertiary/aromatic N) is 5. The smallest absolute Gasteiger partial charge is 0.289 e.